The minimum Gasteiger partial charge on any atom is -0.453 e. The SMILES string of the molecule is O=Cc1ccc(-c2cccc(Cl)c2-n2cccn2)o1. The van der Waals surface area contributed by atoms with Crippen LogP contribution in [0.5, 0.6) is 0 Å². The molecule has 0 aliphatic rings. The summed E-state index contributed by atoms with van der Waals surface area (Å²) in [4.78, 5) is 10.7. The van der Waals surface area contributed by atoms with Crippen LogP contribution in [0.1, 0.15) is 10.6 Å². The summed E-state index contributed by atoms with van der Waals surface area (Å²) >= 11 is 6.24. The Labute approximate surface area is 114 Å². The van der Waals surface area contributed by atoms with Crippen LogP contribution >= 0.6 is 11.6 Å². The number of hydrogen-bond acceptors (Lipinski definition) is 3. The molecule has 0 unspecified atom stereocenters. The standard InChI is InChI=1S/C14H9ClN2O2/c15-12-4-1-3-11(13-6-5-10(9-18)19-13)14(12)17-8-2-7-16-17/h1-9H. The van der Waals surface area contributed by atoms with Gasteiger partial charge in [0.15, 0.2) is 12.0 Å². The quantitative estimate of drug-likeness (QED) is 0.685. The topological polar surface area (TPSA) is 48.0 Å². The molecule has 4 nitrogen and oxygen atoms in total. The van der Waals surface area contributed by atoms with Gasteiger partial charge in [-0.15, -0.1) is 0 Å². The van der Waals surface area contributed by atoms with E-state index in [1.165, 1.54) is 0 Å². The van der Waals surface area contributed by atoms with Crippen molar-refractivity contribution in [2.75, 3.05) is 0 Å². The predicted molar refractivity (Wildman–Crippen MR) is 71.7 cm³/mol. The van der Waals surface area contributed by atoms with Gasteiger partial charge in [-0.2, -0.15) is 5.10 Å². The number of para-hydroxylation sites is 1. The third-order valence-corrected chi connectivity index (χ3v) is 3.03. The van der Waals surface area contributed by atoms with Gasteiger partial charge in [0.25, 0.3) is 0 Å². The van der Waals surface area contributed by atoms with Gasteiger partial charge in [0.05, 0.1) is 10.7 Å². The van der Waals surface area contributed by atoms with Gasteiger partial charge in [0, 0.05) is 18.0 Å². The molecule has 1 aromatic carbocycles. The first kappa shape index (κ1) is 11.7. The second kappa shape index (κ2) is 4.74. The Morgan fingerprint density at radius 1 is 1.21 bits per heavy atom. The molecule has 2 heterocycles. The Hall–Kier alpha value is -2.33. The van der Waals surface area contributed by atoms with Gasteiger partial charge < -0.3 is 4.42 Å². The number of carbonyl (C=O) groups is 1. The van der Waals surface area contributed by atoms with Crippen LogP contribution in [0, 0.1) is 0 Å². The van der Waals surface area contributed by atoms with Gasteiger partial charge >= 0.3 is 0 Å². The number of aldehydes is 1. The van der Waals surface area contributed by atoms with E-state index in [9.17, 15) is 4.79 Å². The fraction of sp³-hybridized carbons (Fsp3) is 0. The summed E-state index contributed by atoms with van der Waals surface area (Å²) in [6.07, 6.45) is 4.14. The molecule has 0 radical (unpaired) electrons. The largest absolute Gasteiger partial charge is 0.453 e. The van der Waals surface area contributed by atoms with Crippen molar-refractivity contribution in [3.8, 4) is 17.0 Å². The fourth-order valence-corrected chi connectivity index (χ4v) is 2.17. The van der Waals surface area contributed by atoms with Crippen LogP contribution in [0.25, 0.3) is 17.0 Å². The zero-order chi connectivity index (χ0) is 13.2. The number of furan rings is 1. The normalized spacial score (nSPS) is 10.6. The Kier molecular flexibility index (Phi) is 2.93. The molecule has 0 amide bonds. The number of hydrogen-bond donors (Lipinski definition) is 0. The van der Waals surface area contributed by atoms with Crippen LogP contribution in [0.4, 0.5) is 0 Å². The Balaban J connectivity index is 2.21. The maximum Gasteiger partial charge on any atom is 0.185 e. The van der Waals surface area contributed by atoms with Crippen molar-refractivity contribution in [1.29, 1.82) is 0 Å². The van der Waals surface area contributed by atoms with Crippen molar-refractivity contribution in [3.63, 3.8) is 0 Å². The van der Waals surface area contributed by atoms with E-state index >= 15 is 0 Å². The lowest BCUT2D eigenvalue weighted by atomic mass is 10.1. The Morgan fingerprint density at radius 3 is 2.79 bits per heavy atom. The van der Waals surface area contributed by atoms with Gasteiger partial charge in [0.2, 0.25) is 0 Å². The van der Waals surface area contributed by atoms with Crippen molar-refractivity contribution in [2.45, 2.75) is 0 Å². The zero-order valence-electron chi connectivity index (χ0n) is 9.79. The van der Waals surface area contributed by atoms with E-state index in [1.54, 1.807) is 35.3 Å². The van der Waals surface area contributed by atoms with E-state index in [0.29, 0.717) is 17.1 Å². The van der Waals surface area contributed by atoms with E-state index < -0.39 is 0 Å². The van der Waals surface area contributed by atoms with Gasteiger partial charge in [-0.3, -0.25) is 4.79 Å². The van der Waals surface area contributed by atoms with E-state index in [0.717, 1.165) is 11.3 Å². The highest BCUT2D eigenvalue weighted by Gasteiger charge is 2.14. The number of halogens is 1. The molecule has 0 atom stereocenters. The second-order valence-corrected chi connectivity index (χ2v) is 4.31. The number of aromatic nitrogens is 2. The highest BCUT2D eigenvalue weighted by Crippen LogP contribution is 2.32. The van der Waals surface area contributed by atoms with Crippen molar-refractivity contribution in [1.82, 2.24) is 9.78 Å². The van der Waals surface area contributed by atoms with Crippen molar-refractivity contribution in [3.05, 3.63) is 59.6 Å². The molecule has 0 bridgehead atoms. The van der Waals surface area contributed by atoms with Gasteiger partial charge in [-0.1, -0.05) is 17.7 Å². The molecule has 5 heteroatoms. The first-order chi connectivity index (χ1) is 9.29. The van der Waals surface area contributed by atoms with Crippen molar-refractivity contribution < 1.29 is 9.21 Å². The smallest absolute Gasteiger partial charge is 0.185 e. The first-order valence-electron chi connectivity index (χ1n) is 5.63. The molecule has 2 aromatic heterocycles. The van der Waals surface area contributed by atoms with Gasteiger partial charge in [-0.25, -0.2) is 4.68 Å². The molecule has 0 fully saturated rings. The monoisotopic (exact) mass is 272 g/mol. The molecule has 0 aliphatic carbocycles. The lowest BCUT2D eigenvalue weighted by molar-refractivity contribution is 0.110. The molecule has 19 heavy (non-hydrogen) atoms. The molecule has 94 valence electrons. The van der Waals surface area contributed by atoms with Crippen LogP contribution in [0.15, 0.2) is 53.2 Å². The summed E-state index contributed by atoms with van der Waals surface area (Å²) in [7, 11) is 0. The zero-order valence-corrected chi connectivity index (χ0v) is 10.5. The van der Waals surface area contributed by atoms with E-state index in [1.807, 2.05) is 18.2 Å². The number of nitrogens with zero attached hydrogens (tertiary/aromatic N) is 2. The van der Waals surface area contributed by atoms with E-state index in [4.69, 9.17) is 16.0 Å². The maximum atomic E-state index is 10.7. The van der Waals surface area contributed by atoms with Crippen molar-refractivity contribution in [2.24, 2.45) is 0 Å². The van der Waals surface area contributed by atoms with Crippen LogP contribution in [-0.2, 0) is 0 Å². The highest BCUT2D eigenvalue weighted by molar-refractivity contribution is 6.33. The van der Waals surface area contributed by atoms with E-state index in [2.05, 4.69) is 5.10 Å². The van der Waals surface area contributed by atoms with Crippen LogP contribution in [0.3, 0.4) is 0 Å². The third-order valence-electron chi connectivity index (χ3n) is 2.73. The summed E-state index contributed by atoms with van der Waals surface area (Å²) < 4.78 is 7.11. The first-order valence-corrected chi connectivity index (χ1v) is 6.01. The van der Waals surface area contributed by atoms with E-state index in [-0.39, 0.29) is 5.76 Å². The fourth-order valence-electron chi connectivity index (χ4n) is 1.91. The van der Waals surface area contributed by atoms with Crippen LogP contribution in [-0.4, -0.2) is 16.1 Å². The highest BCUT2D eigenvalue weighted by atomic mass is 35.5. The van der Waals surface area contributed by atoms with Crippen LogP contribution < -0.4 is 0 Å². The Morgan fingerprint density at radius 2 is 2.11 bits per heavy atom. The molecule has 0 aliphatic heterocycles. The lowest BCUT2D eigenvalue weighted by Gasteiger charge is -2.09. The molecular formula is C14H9ClN2O2. The molecule has 0 N–H and O–H groups in total. The van der Waals surface area contributed by atoms with Gasteiger partial charge in [0.1, 0.15) is 5.76 Å². The molecule has 0 spiro atoms. The molecule has 0 saturated carbocycles. The number of benzene rings is 1. The second-order valence-electron chi connectivity index (χ2n) is 3.91. The minimum absolute atomic E-state index is 0.279. The average Bonchev–Trinajstić information content (AvgIpc) is 3.09. The summed E-state index contributed by atoms with van der Waals surface area (Å²) in [5.74, 6) is 0.858. The molecule has 3 rings (SSSR count). The Bertz CT molecular complexity index is 717. The van der Waals surface area contributed by atoms with Crippen molar-refractivity contribution >= 4 is 17.9 Å². The molecule has 3 aromatic rings. The molecular weight excluding hydrogens is 264 g/mol. The molecule has 0 saturated heterocycles. The van der Waals surface area contributed by atoms with Crippen LogP contribution in [0.2, 0.25) is 5.02 Å². The predicted octanol–water partition coefficient (Wildman–Crippen LogP) is 3.60. The summed E-state index contributed by atoms with van der Waals surface area (Å²) in [6.45, 7) is 0. The summed E-state index contributed by atoms with van der Waals surface area (Å²) in [5.41, 5.74) is 1.50. The number of rotatable bonds is 3. The minimum atomic E-state index is 0.279. The lowest BCUT2D eigenvalue weighted by Crippen LogP contribution is -1.98. The van der Waals surface area contributed by atoms with Gasteiger partial charge in [-0.05, 0) is 30.3 Å². The third kappa shape index (κ3) is 2.06. The summed E-state index contributed by atoms with van der Waals surface area (Å²) in [6, 6.07) is 10.7. The summed E-state index contributed by atoms with van der Waals surface area (Å²) in [5, 5.41) is 4.74. The average molecular weight is 273 g/mol. The maximum absolute atomic E-state index is 10.7. The number of carbonyl (C=O) groups excluding carboxylic acids is 1.